The van der Waals surface area contributed by atoms with E-state index in [2.05, 4.69) is 5.32 Å². The van der Waals surface area contributed by atoms with Crippen LogP contribution >= 0.6 is 0 Å². The Balaban J connectivity index is 1.97. The number of carbonyl (C=O) groups is 3. The second kappa shape index (κ2) is 9.64. The molecule has 0 aliphatic heterocycles. The van der Waals surface area contributed by atoms with Gasteiger partial charge in [0.2, 0.25) is 0 Å². The summed E-state index contributed by atoms with van der Waals surface area (Å²) in [7, 11) is 1.52. The Morgan fingerprint density at radius 2 is 1.54 bits per heavy atom. The van der Waals surface area contributed by atoms with Gasteiger partial charge < -0.3 is 14.8 Å². The number of amides is 1. The number of ketones is 1. The van der Waals surface area contributed by atoms with Crippen LogP contribution in [0.25, 0.3) is 0 Å². The molecule has 2 rings (SSSR count). The normalized spacial score (nSPS) is 11.6. The molecule has 0 aromatic heterocycles. The van der Waals surface area contributed by atoms with Gasteiger partial charge in [-0.3, -0.25) is 9.59 Å². The topological polar surface area (TPSA) is 81.7 Å². The number of rotatable bonds is 8. The molecule has 0 aliphatic rings. The summed E-state index contributed by atoms with van der Waals surface area (Å²) in [4.78, 5) is 36.8. The summed E-state index contributed by atoms with van der Waals surface area (Å²) in [5, 5.41) is 2.57. The van der Waals surface area contributed by atoms with Gasteiger partial charge in [-0.05, 0) is 54.4 Å². The number of ether oxygens (including phenoxy) is 2. The van der Waals surface area contributed by atoms with Gasteiger partial charge in [0.15, 0.2) is 12.4 Å². The van der Waals surface area contributed by atoms with Gasteiger partial charge in [-0.15, -0.1) is 0 Å². The molecule has 0 fully saturated rings. The second-order valence-corrected chi connectivity index (χ2v) is 6.46. The van der Waals surface area contributed by atoms with Crippen LogP contribution in [0, 0.1) is 11.7 Å². The van der Waals surface area contributed by atoms with E-state index in [0.717, 1.165) is 12.1 Å². The number of carbonyl (C=O) groups excluding carboxylic acids is 3. The Morgan fingerprint density at radius 3 is 2.07 bits per heavy atom. The van der Waals surface area contributed by atoms with Crippen molar-refractivity contribution < 1.29 is 28.2 Å². The minimum Gasteiger partial charge on any atom is -0.497 e. The number of benzene rings is 2. The van der Waals surface area contributed by atoms with Crippen molar-refractivity contribution in [1.29, 1.82) is 0 Å². The maximum Gasteiger partial charge on any atom is 0.329 e. The van der Waals surface area contributed by atoms with E-state index < -0.39 is 30.3 Å². The lowest BCUT2D eigenvalue weighted by Gasteiger charge is -2.20. The number of methoxy groups -OCH3 is 1. The summed E-state index contributed by atoms with van der Waals surface area (Å²) in [6.07, 6.45) is 0. The van der Waals surface area contributed by atoms with Crippen molar-refractivity contribution in [2.75, 3.05) is 13.7 Å². The fourth-order valence-electron chi connectivity index (χ4n) is 2.41. The van der Waals surface area contributed by atoms with Gasteiger partial charge in [-0.2, -0.15) is 0 Å². The van der Waals surface area contributed by atoms with Crippen molar-refractivity contribution in [1.82, 2.24) is 5.32 Å². The summed E-state index contributed by atoms with van der Waals surface area (Å²) in [6.45, 7) is 3.03. The zero-order valence-electron chi connectivity index (χ0n) is 15.9. The molecule has 0 saturated carbocycles. The maximum absolute atomic E-state index is 13.0. The molecule has 2 aromatic carbocycles. The lowest BCUT2D eigenvalue weighted by Crippen LogP contribution is -2.45. The first-order chi connectivity index (χ1) is 13.3. The Morgan fingerprint density at radius 1 is 0.964 bits per heavy atom. The molecular weight excluding hydrogens is 365 g/mol. The summed E-state index contributed by atoms with van der Waals surface area (Å²) < 4.78 is 23.1. The molecule has 7 heteroatoms. The Kier molecular flexibility index (Phi) is 7.26. The molecule has 0 radical (unpaired) electrons. The third-order valence-electron chi connectivity index (χ3n) is 4.07. The summed E-state index contributed by atoms with van der Waals surface area (Å²) in [6, 6.07) is 10.4. The first-order valence-corrected chi connectivity index (χ1v) is 8.72. The highest BCUT2D eigenvalue weighted by Crippen LogP contribution is 2.13. The predicted molar refractivity (Wildman–Crippen MR) is 101 cm³/mol. The average Bonchev–Trinajstić information content (AvgIpc) is 2.70. The number of Topliss-reactive ketones (excluding diaryl/α,β-unsaturated/α-hetero) is 1. The van der Waals surface area contributed by atoms with Crippen molar-refractivity contribution in [3.05, 3.63) is 65.5 Å². The largest absolute Gasteiger partial charge is 0.497 e. The van der Waals surface area contributed by atoms with Gasteiger partial charge in [0.25, 0.3) is 5.91 Å². The minimum absolute atomic E-state index is 0.217. The zero-order chi connectivity index (χ0) is 20.7. The van der Waals surface area contributed by atoms with Gasteiger partial charge in [0.05, 0.1) is 7.11 Å². The lowest BCUT2D eigenvalue weighted by molar-refractivity contribution is -0.145. The van der Waals surface area contributed by atoms with Crippen LogP contribution < -0.4 is 10.1 Å². The van der Waals surface area contributed by atoms with E-state index in [1.54, 1.807) is 38.1 Å². The van der Waals surface area contributed by atoms with E-state index in [0.29, 0.717) is 11.3 Å². The van der Waals surface area contributed by atoms with E-state index in [-0.39, 0.29) is 17.3 Å². The van der Waals surface area contributed by atoms with Gasteiger partial charge in [0, 0.05) is 11.1 Å². The van der Waals surface area contributed by atoms with Crippen LogP contribution in [0.4, 0.5) is 4.39 Å². The Bertz CT molecular complexity index is 831. The van der Waals surface area contributed by atoms with Gasteiger partial charge in [0.1, 0.15) is 17.6 Å². The quantitative estimate of drug-likeness (QED) is 0.556. The van der Waals surface area contributed by atoms with Crippen LogP contribution in [0.2, 0.25) is 0 Å². The van der Waals surface area contributed by atoms with Crippen LogP contribution in [-0.4, -0.2) is 37.4 Å². The van der Waals surface area contributed by atoms with Crippen molar-refractivity contribution in [3.8, 4) is 5.75 Å². The predicted octanol–water partition coefficient (Wildman–Crippen LogP) is 3.01. The van der Waals surface area contributed by atoms with Crippen molar-refractivity contribution in [2.45, 2.75) is 19.9 Å². The van der Waals surface area contributed by atoms with Gasteiger partial charge >= 0.3 is 5.97 Å². The lowest BCUT2D eigenvalue weighted by atomic mass is 10.0. The highest BCUT2D eigenvalue weighted by Gasteiger charge is 2.27. The Labute approximate surface area is 162 Å². The van der Waals surface area contributed by atoms with E-state index in [4.69, 9.17) is 9.47 Å². The molecule has 0 saturated heterocycles. The van der Waals surface area contributed by atoms with Crippen molar-refractivity contribution >= 4 is 17.7 Å². The number of halogens is 1. The summed E-state index contributed by atoms with van der Waals surface area (Å²) in [5.74, 6) is -1.74. The molecule has 6 nitrogen and oxygen atoms in total. The van der Waals surface area contributed by atoms with E-state index in [9.17, 15) is 18.8 Å². The molecule has 28 heavy (non-hydrogen) atoms. The Hall–Kier alpha value is -3.22. The van der Waals surface area contributed by atoms with Gasteiger partial charge in [-0.25, -0.2) is 9.18 Å². The molecule has 1 N–H and O–H groups in total. The van der Waals surface area contributed by atoms with Crippen LogP contribution in [0.3, 0.4) is 0 Å². The standard InChI is InChI=1S/C21H22FNO5/c1-13(2)19(23-20(25)15-4-8-16(22)9-5-15)21(26)28-12-18(24)14-6-10-17(27-3)11-7-14/h4-11,13,19H,12H2,1-3H3,(H,23,25)/t19-/m1/s1. The molecule has 148 valence electrons. The summed E-state index contributed by atoms with van der Waals surface area (Å²) in [5.41, 5.74) is 0.596. The second-order valence-electron chi connectivity index (χ2n) is 6.46. The first kappa shape index (κ1) is 21.1. The number of hydrogen-bond acceptors (Lipinski definition) is 5. The molecule has 0 bridgehead atoms. The molecule has 0 unspecified atom stereocenters. The molecule has 2 aromatic rings. The fourth-order valence-corrected chi connectivity index (χ4v) is 2.41. The van der Waals surface area contributed by atoms with E-state index in [1.807, 2.05) is 0 Å². The SMILES string of the molecule is COc1ccc(C(=O)COC(=O)[C@H](NC(=O)c2ccc(F)cc2)C(C)C)cc1. The van der Waals surface area contributed by atoms with E-state index in [1.165, 1.54) is 19.2 Å². The number of esters is 1. The monoisotopic (exact) mass is 387 g/mol. The molecule has 1 atom stereocenters. The van der Waals surface area contributed by atoms with Crippen molar-refractivity contribution in [2.24, 2.45) is 5.92 Å². The molecule has 0 heterocycles. The average molecular weight is 387 g/mol. The summed E-state index contributed by atoms with van der Waals surface area (Å²) >= 11 is 0. The number of hydrogen-bond donors (Lipinski definition) is 1. The third-order valence-corrected chi connectivity index (χ3v) is 4.07. The van der Waals surface area contributed by atoms with E-state index >= 15 is 0 Å². The smallest absolute Gasteiger partial charge is 0.329 e. The van der Waals surface area contributed by atoms with Crippen molar-refractivity contribution in [3.63, 3.8) is 0 Å². The highest BCUT2D eigenvalue weighted by atomic mass is 19.1. The minimum atomic E-state index is -0.943. The third kappa shape index (κ3) is 5.64. The fraction of sp³-hybridized carbons (Fsp3) is 0.286. The molecular formula is C21H22FNO5. The zero-order valence-corrected chi connectivity index (χ0v) is 15.9. The molecule has 0 aliphatic carbocycles. The van der Waals surface area contributed by atoms with Crippen LogP contribution in [0.15, 0.2) is 48.5 Å². The van der Waals surface area contributed by atoms with Crippen LogP contribution in [0.1, 0.15) is 34.6 Å². The van der Waals surface area contributed by atoms with Crippen LogP contribution in [0.5, 0.6) is 5.75 Å². The van der Waals surface area contributed by atoms with Crippen LogP contribution in [-0.2, 0) is 9.53 Å². The molecule has 0 spiro atoms. The first-order valence-electron chi connectivity index (χ1n) is 8.72. The van der Waals surface area contributed by atoms with Gasteiger partial charge in [-0.1, -0.05) is 13.8 Å². The molecule has 1 amide bonds. The maximum atomic E-state index is 13.0. The highest BCUT2D eigenvalue weighted by molar-refractivity contribution is 5.99. The number of nitrogens with one attached hydrogen (secondary N) is 1.